The topological polar surface area (TPSA) is 80.1 Å². The smallest absolute Gasteiger partial charge is 0.379 e. The lowest BCUT2D eigenvalue weighted by atomic mass is 10.1. The van der Waals surface area contributed by atoms with Gasteiger partial charge < -0.3 is 5.11 Å². The Labute approximate surface area is 84.4 Å². The number of carbonyl (C=O) groups is 2. The van der Waals surface area contributed by atoms with E-state index in [2.05, 4.69) is 10.2 Å². The summed E-state index contributed by atoms with van der Waals surface area (Å²) in [4.78, 5) is 21.8. The molecule has 0 spiro atoms. The fourth-order valence-electron chi connectivity index (χ4n) is 1.30. The van der Waals surface area contributed by atoms with Gasteiger partial charge in [-0.2, -0.15) is 5.10 Å². The highest BCUT2D eigenvalue weighted by atomic mass is 16.4. The lowest BCUT2D eigenvalue weighted by molar-refractivity contribution is -0.131. The van der Waals surface area contributed by atoms with E-state index in [1.807, 2.05) is 0 Å². The molecule has 0 aliphatic carbocycles. The predicted molar refractivity (Wildman–Crippen MR) is 51.5 cm³/mol. The minimum absolute atomic E-state index is 0.124. The molecule has 2 aromatic rings. The summed E-state index contributed by atoms with van der Waals surface area (Å²) >= 11 is 0. The summed E-state index contributed by atoms with van der Waals surface area (Å²) < 4.78 is 0. The Morgan fingerprint density at radius 1 is 1.20 bits per heavy atom. The van der Waals surface area contributed by atoms with Crippen LogP contribution in [0.15, 0.2) is 30.5 Å². The van der Waals surface area contributed by atoms with Crippen LogP contribution in [0.5, 0.6) is 0 Å². The molecule has 0 aliphatic heterocycles. The van der Waals surface area contributed by atoms with E-state index < -0.39 is 11.8 Å². The van der Waals surface area contributed by atoms with Gasteiger partial charge in [-0.1, -0.05) is 24.3 Å². The molecule has 0 fully saturated rings. The zero-order valence-electron chi connectivity index (χ0n) is 7.54. The standard InChI is InChI=1S/C10H6N2O3/c13-9(10(14)15)8-7-4-2-1-3-6(7)5-11-12-8/h1-5H,(H,14,15). The summed E-state index contributed by atoms with van der Waals surface area (Å²) in [6.45, 7) is 0. The lowest BCUT2D eigenvalue weighted by Gasteiger charge is -1.99. The normalized spacial score (nSPS) is 10.1. The Morgan fingerprint density at radius 2 is 1.93 bits per heavy atom. The first-order valence-corrected chi connectivity index (χ1v) is 4.18. The molecule has 1 heterocycles. The predicted octanol–water partition coefficient (Wildman–Crippen LogP) is 0.897. The molecule has 0 atom stereocenters. The fraction of sp³-hybridized carbons (Fsp3) is 0. The van der Waals surface area contributed by atoms with Crippen molar-refractivity contribution in [2.75, 3.05) is 0 Å². The number of hydrogen-bond donors (Lipinski definition) is 1. The van der Waals surface area contributed by atoms with E-state index in [-0.39, 0.29) is 5.69 Å². The Bertz CT molecular complexity index is 546. The Kier molecular flexibility index (Phi) is 2.13. The number of hydrogen-bond acceptors (Lipinski definition) is 4. The van der Waals surface area contributed by atoms with Crippen LogP contribution < -0.4 is 0 Å². The van der Waals surface area contributed by atoms with Gasteiger partial charge in [-0.3, -0.25) is 4.79 Å². The Balaban J connectivity index is 2.71. The third-order valence-electron chi connectivity index (χ3n) is 1.98. The van der Waals surface area contributed by atoms with Gasteiger partial charge in [-0.15, -0.1) is 5.10 Å². The van der Waals surface area contributed by atoms with Crippen LogP contribution in [0.4, 0.5) is 0 Å². The molecule has 0 amide bonds. The van der Waals surface area contributed by atoms with Crippen molar-refractivity contribution >= 4 is 22.5 Å². The monoisotopic (exact) mass is 202 g/mol. The van der Waals surface area contributed by atoms with E-state index >= 15 is 0 Å². The van der Waals surface area contributed by atoms with Crippen molar-refractivity contribution in [3.8, 4) is 0 Å². The molecule has 2 rings (SSSR count). The highest BCUT2D eigenvalue weighted by Gasteiger charge is 2.19. The molecule has 1 aromatic heterocycles. The minimum Gasteiger partial charge on any atom is -0.475 e. The van der Waals surface area contributed by atoms with E-state index in [0.717, 1.165) is 0 Å². The van der Waals surface area contributed by atoms with E-state index in [1.54, 1.807) is 24.3 Å². The van der Waals surface area contributed by atoms with Gasteiger partial charge in [0, 0.05) is 10.8 Å². The van der Waals surface area contributed by atoms with Gasteiger partial charge in [0.2, 0.25) is 0 Å². The zero-order valence-corrected chi connectivity index (χ0v) is 7.54. The van der Waals surface area contributed by atoms with Crippen LogP contribution in [0.3, 0.4) is 0 Å². The average Bonchev–Trinajstić information content (AvgIpc) is 2.27. The van der Waals surface area contributed by atoms with E-state index in [1.165, 1.54) is 6.20 Å². The fourth-order valence-corrected chi connectivity index (χ4v) is 1.30. The van der Waals surface area contributed by atoms with Crippen LogP contribution >= 0.6 is 0 Å². The van der Waals surface area contributed by atoms with Crippen molar-refractivity contribution in [3.63, 3.8) is 0 Å². The SMILES string of the molecule is O=C(O)C(=O)c1nncc2ccccc12. The summed E-state index contributed by atoms with van der Waals surface area (Å²) in [5, 5.41) is 16.9. The molecule has 0 aliphatic rings. The first-order chi connectivity index (χ1) is 7.20. The van der Waals surface area contributed by atoms with Gasteiger partial charge in [-0.05, 0) is 0 Å². The second kappa shape index (κ2) is 3.45. The highest BCUT2D eigenvalue weighted by molar-refractivity contribution is 6.41. The molecule has 0 bridgehead atoms. The van der Waals surface area contributed by atoms with Crippen LogP contribution in [0, 0.1) is 0 Å². The number of carboxylic acids is 1. The third-order valence-corrected chi connectivity index (χ3v) is 1.98. The van der Waals surface area contributed by atoms with E-state index in [4.69, 9.17) is 5.11 Å². The number of carbonyl (C=O) groups excluding carboxylic acids is 1. The van der Waals surface area contributed by atoms with Crippen molar-refractivity contribution in [1.29, 1.82) is 0 Å². The van der Waals surface area contributed by atoms with Crippen molar-refractivity contribution in [3.05, 3.63) is 36.2 Å². The second-order valence-corrected chi connectivity index (χ2v) is 2.91. The number of Topliss-reactive ketones (excluding diaryl/α,β-unsaturated/α-hetero) is 1. The molecule has 0 unspecified atom stereocenters. The van der Waals surface area contributed by atoms with Gasteiger partial charge in [0.25, 0.3) is 5.78 Å². The number of nitrogens with zero attached hydrogens (tertiary/aromatic N) is 2. The number of fused-ring (bicyclic) bond motifs is 1. The molecule has 1 N–H and O–H groups in total. The molecule has 0 saturated carbocycles. The summed E-state index contributed by atoms with van der Waals surface area (Å²) in [5.41, 5.74) is -0.124. The number of aliphatic carboxylic acids is 1. The van der Waals surface area contributed by atoms with Crippen LogP contribution in [-0.4, -0.2) is 27.1 Å². The van der Waals surface area contributed by atoms with Crippen LogP contribution in [-0.2, 0) is 4.79 Å². The van der Waals surface area contributed by atoms with Gasteiger partial charge in [0.15, 0.2) is 0 Å². The number of carboxylic acid groups (broad SMARTS) is 1. The quantitative estimate of drug-likeness (QED) is 0.578. The van der Waals surface area contributed by atoms with E-state index in [0.29, 0.717) is 10.8 Å². The maximum atomic E-state index is 11.3. The third kappa shape index (κ3) is 1.54. The highest BCUT2D eigenvalue weighted by Crippen LogP contribution is 2.15. The molecule has 0 radical (unpaired) electrons. The van der Waals surface area contributed by atoms with E-state index in [9.17, 15) is 9.59 Å². The number of benzene rings is 1. The molecule has 0 saturated heterocycles. The number of ketones is 1. The van der Waals surface area contributed by atoms with Crippen molar-refractivity contribution in [1.82, 2.24) is 10.2 Å². The van der Waals surface area contributed by atoms with Gasteiger partial charge in [0.1, 0.15) is 5.69 Å². The van der Waals surface area contributed by atoms with Crippen molar-refractivity contribution < 1.29 is 14.7 Å². The van der Waals surface area contributed by atoms with Crippen molar-refractivity contribution in [2.24, 2.45) is 0 Å². The molecule has 5 heteroatoms. The molecular weight excluding hydrogens is 196 g/mol. The lowest BCUT2D eigenvalue weighted by Crippen LogP contribution is -2.15. The summed E-state index contributed by atoms with van der Waals surface area (Å²) in [5.74, 6) is -2.57. The van der Waals surface area contributed by atoms with Crippen LogP contribution in [0.25, 0.3) is 10.8 Å². The maximum absolute atomic E-state index is 11.3. The molecule has 1 aromatic carbocycles. The molecule has 74 valence electrons. The zero-order chi connectivity index (χ0) is 10.8. The number of rotatable bonds is 2. The summed E-state index contributed by atoms with van der Waals surface area (Å²) in [7, 11) is 0. The maximum Gasteiger partial charge on any atom is 0.379 e. The largest absolute Gasteiger partial charge is 0.475 e. The van der Waals surface area contributed by atoms with Crippen LogP contribution in [0.2, 0.25) is 0 Å². The summed E-state index contributed by atoms with van der Waals surface area (Å²) in [6.07, 6.45) is 1.48. The second-order valence-electron chi connectivity index (χ2n) is 2.91. The van der Waals surface area contributed by atoms with Crippen LogP contribution in [0.1, 0.15) is 10.5 Å². The molecule has 5 nitrogen and oxygen atoms in total. The first kappa shape index (κ1) is 9.26. The average molecular weight is 202 g/mol. The molecular formula is C10H6N2O3. The minimum atomic E-state index is -1.53. The van der Waals surface area contributed by atoms with Gasteiger partial charge in [0.05, 0.1) is 6.20 Å². The first-order valence-electron chi connectivity index (χ1n) is 4.18. The Hall–Kier alpha value is -2.30. The van der Waals surface area contributed by atoms with Gasteiger partial charge in [-0.25, -0.2) is 4.79 Å². The number of aromatic nitrogens is 2. The summed E-state index contributed by atoms with van der Waals surface area (Å²) in [6, 6.07) is 6.87. The Morgan fingerprint density at radius 3 is 2.67 bits per heavy atom. The van der Waals surface area contributed by atoms with Gasteiger partial charge >= 0.3 is 5.97 Å². The molecule has 15 heavy (non-hydrogen) atoms. The van der Waals surface area contributed by atoms with Crippen molar-refractivity contribution in [2.45, 2.75) is 0 Å².